The molecule has 0 aromatic rings. The Balaban J connectivity index is 2.57. The maximum absolute atomic E-state index is 10.5. The number of unbranched alkanes of at least 4 members (excludes halogenated alkanes) is 2. The molecule has 1 aliphatic carbocycles. The van der Waals surface area contributed by atoms with Crippen LogP contribution in [0.25, 0.3) is 0 Å². The number of hydrogen-bond acceptors (Lipinski definition) is 5. The number of carboxylic acid groups (broad SMARTS) is 1. The fourth-order valence-electron chi connectivity index (χ4n) is 3.32. The molecule has 0 aliphatic heterocycles. The van der Waals surface area contributed by atoms with Gasteiger partial charge in [0.2, 0.25) is 0 Å². The molecular weight excluding hydrogens is 324 g/mol. The van der Waals surface area contributed by atoms with Gasteiger partial charge in [0.05, 0.1) is 12.2 Å². The first-order valence-electron chi connectivity index (χ1n) is 9.21. The number of aliphatic hydroxyl groups is 2. The lowest BCUT2D eigenvalue weighted by atomic mass is 9.89. The van der Waals surface area contributed by atoms with Gasteiger partial charge in [-0.25, -0.2) is 4.89 Å². The molecule has 4 N–H and O–H groups in total. The Kier molecular flexibility index (Phi) is 10.6. The van der Waals surface area contributed by atoms with Crippen LogP contribution >= 0.6 is 0 Å². The maximum Gasteiger partial charge on any atom is 0.303 e. The predicted molar refractivity (Wildman–Crippen MR) is 95.0 cm³/mol. The molecule has 0 aromatic heterocycles. The lowest BCUT2D eigenvalue weighted by Gasteiger charge is -2.20. The van der Waals surface area contributed by atoms with E-state index in [4.69, 9.17) is 10.4 Å². The van der Waals surface area contributed by atoms with Crippen LogP contribution in [0.15, 0.2) is 24.3 Å². The summed E-state index contributed by atoms with van der Waals surface area (Å²) in [7, 11) is 0. The smallest absolute Gasteiger partial charge is 0.303 e. The van der Waals surface area contributed by atoms with Crippen LogP contribution < -0.4 is 0 Å². The van der Waals surface area contributed by atoms with Gasteiger partial charge < -0.3 is 15.3 Å². The standard InChI is InChI=1S/C19H32O6/c1-2-3-5-8-14(25-24)11-12-16-15(17(20)13-18(16)21)9-6-4-7-10-19(22)23/h4,6,11-12,14-18,20-21,24H,2-3,5,7-10,13H2,1H3,(H,22,23)/t14?,15-,16-,17+,18-/m0/s1. The Bertz CT molecular complexity index is 434. The Labute approximate surface area is 149 Å². The number of aliphatic carboxylic acids is 1. The summed E-state index contributed by atoms with van der Waals surface area (Å²) in [4.78, 5) is 15.0. The van der Waals surface area contributed by atoms with E-state index in [1.807, 2.05) is 12.2 Å². The monoisotopic (exact) mass is 356 g/mol. The molecule has 0 bridgehead atoms. The minimum Gasteiger partial charge on any atom is -0.481 e. The number of carbonyl (C=O) groups is 1. The first kappa shape index (κ1) is 21.8. The fourth-order valence-corrected chi connectivity index (χ4v) is 3.32. The van der Waals surface area contributed by atoms with Crippen LogP contribution in [0.4, 0.5) is 0 Å². The third-order valence-corrected chi connectivity index (χ3v) is 4.79. The quantitative estimate of drug-likeness (QED) is 0.185. The van der Waals surface area contributed by atoms with Gasteiger partial charge in [-0.05, 0) is 25.2 Å². The third-order valence-electron chi connectivity index (χ3n) is 4.79. The van der Waals surface area contributed by atoms with Crippen molar-refractivity contribution in [3.05, 3.63) is 24.3 Å². The van der Waals surface area contributed by atoms with Crippen molar-refractivity contribution < 1.29 is 30.3 Å². The molecule has 6 nitrogen and oxygen atoms in total. The molecule has 0 heterocycles. The zero-order valence-corrected chi connectivity index (χ0v) is 15.0. The van der Waals surface area contributed by atoms with E-state index < -0.39 is 24.3 Å². The minimum absolute atomic E-state index is 0.0863. The second-order valence-corrected chi connectivity index (χ2v) is 6.78. The third kappa shape index (κ3) is 8.14. The Morgan fingerprint density at radius 1 is 1.24 bits per heavy atom. The van der Waals surface area contributed by atoms with Crippen LogP contribution in [0, 0.1) is 11.8 Å². The van der Waals surface area contributed by atoms with Gasteiger partial charge in [-0.1, -0.05) is 50.5 Å². The molecule has 1 rings (SSSR count). The van der Waals surface area contributed by atoms with E-state index in [0.717, 1.165) is 19.3 Å². The van der Waals surface area contributed by atoms with E-state index in [0.29, 0.717) is 25.7 Å². The second kappa shape index (κ2) is 12.2. The van der Waals surface area contributed by atoms with Crippen molar-refractivity contribution in [1.29, 1.82) is 0 Å². The zero-order valence-electron chi connectivity index (χ0n) is 15.0. The van der Waals surface area contributed by atoms with Crippen molar-refractivity contribution in [3.63, 3.8) is 0 Å². The van der Waals surface area contributed by atoms with E-state index >= 15 is 0 Å². The van der Waals surface area contributed by atoms with Gasteiger partial charge >= 0.3 is 5.97 Å². The highest BCUT2D eigenvalue weighted by Gasteiger charge is 2.39. The fraction of sp³-hybridized carbons (Fsp3) is 0.737. The lowest BCUT2D eigenvalue weighted by Crippen LogP contribution is -2.20. The molecule has 0 aromatic carbocycles. The van der Waals surface area contributed by atoms with Crippen LogP contribution in [0.1, 0.15) is 58.3 Å². The van der Waals surface area contributed by atoms with E-state index in [1.165, 1.54) is 0 Å². The summed E-state index contributed by atoms with van der Waals surface area (Å²) in [6, 6.07) is 0. The highest BCUT2D eigenvalue weighted by atomic mass is 17.1. The summed E-state index contributed by atoms with van der Waals surface area (Å²) >= 11 is 0. The van der Waals surface area contributed by atoms with Crippen molar-refractivity contribution >= 4 is 5.97 Å². The van der Waals surface area contributed by atoms with Crippen molar-refractivity contribution in [2.75, 3.05) is 0 Å². The first-order chi connectivity index (χ1) is 12.0. The van der Waals surface area contributed by atoms with Crippen LogP contribution in [0.3, 0.4) is 0 Å². The molecule has 1 unspecified atom stereocenters. The van der Waals surface area contributed by atoms with Gasteiger partial charge in [0.15, 0.2) is 0 Å². The van der Waals surface area contributed by atoms with Crippen molar-refractivity contribution in [2.45, 2.75) is 76.6 Å². The molecule has 1 fully saturated rings. The minimum atomic E-state index is -0.833. The van der Waals surface area contributed by atoms with Crippen LogP contribution in [-0.4, -0.2) is 44.9 Å². The Morgan fingerprint density at radius 2 is 2.00 bits per heavy atom. The topological polar surface area (TPSA) is 107 Å². The van der Waals surface area contributed by atoms with E-state index in [1.54, 1.807) is 12.2 Å². The molecule has 144 valence electrons. The van der Waals surface area contributed by atoms with Crippen molar-refractivity contribution in [2.24, 2.45) is 11.8 Å². The Morgan fingerprint density at radius 3 is 2.64 bits per heavy atom. The normalized spacial score (nSPS) is 28.2. The summed E-state index contributed by atoms with van der Waals surface area (Å²) < 4.78 is 0. The first-order valence-corrected chi connectivity index (χ1v) is 9.21. The largest absolute Gasteiger partial charge is 0.481 e. The van der Waals surface area contributed by atoms with Crippen LogP contribution in [0.2, 0.25) is 0 Å². The molecule has 0 radical (unpaired) electrons. The van der Waals surface area contributed by atoms with Gasteiger partial charge in [-0.2, -0.15) is 0 Å². The van der Waals surface area contributed by atoms with E-state index in [9.17, 15) is 15.0 Å². The van der Waals surface area contributed by atoms with Gasteiger partial charge in [0.25, 0.3) is 0 Å². The average Bonchev–Trinajstić information content (AvgIpc) is 2.83. The summed E-state index contributed by atoms with van der Waals surface area (Å²) in [5, 5.41) is 38.0. The number of hydrogen-bond donors (Lipinski definition) is 4. The van der Waals surface area contributed by atoms with E-state index in [-0.39, 0.29) is 18.3 Å². The van der Waals surface area contributed by atoms with Gasteiger partial charge in [-0.15, -0.1) is 0 Å². The average molecular weight is 356 g/mol. The highest BCUT2D eigenvalue weighted by molar-refractivity contribution is 5.66. The SMILES string of the molecule is CCCCCC(C=C[C@H]1[C@H](CC=CCCC(=O)O)[C@H](O)C[C@@H]1O)OO. The molecule has 1 aliphatic rings. The van der Waals surface area contributed by atoms with Gasteiger partial charge in [0, 0.05) is 18.8 Å². The molecule has 0 saturated heterocycles. The van der Waals surface area contributed by atoms with Crippen LogP contribution in [-0.2, 0) is 9.68 Å². The predicted octanol–water partition coefficient (Wildman–Crippen LogP) is 3.15. The van der Waals surface area contributed by atoms with Crippen molar-refractivity contribution in [3.8, 4) is 0 Å². The molecule has 6 heteroatoms. The summed E-state index contributed by atoms with van der Waals surface area (Å²) in [5.41, 5.74) is 0. The van der Waals surface area contributed by atoms with Crippen LogP contribution in [0.5, 0.6) is 0 Å². The number of aliphatic hydroxyl groups excluding tert-OH is 2. The lowest BCUT2D eigenvalue weighted by molar-refractivity contribution is -0.267. The molecular formula is C19H32O6. The summed E-state index contributed by atoms with van der Waals surface area (Å²) in [6.45, 7) is 2.11. The second-order valence-electron chi connectivity index (χ2n) is 6.78. The number of allylic oxidation sites excluding steroid dienone is 2. The molecule has 0 spiro atoms. The Hall–Kier alpha value is -1.21. The zero-order chi connectivity index (χ0) is 18.7. The molecule has 1 saturated carbocycles. The van der Waals surface area contributed by atoms with Gasteiger partial charge in [-0.3, -0.25) is 10.1 Å². The van der Waals surface area contributed by atoms with Gasteiger partial charge in [0.1, 0.15) is 6.10 Å². The number of carboxylic acids is 1. The molecule has 25 heavy (non-hydrogen) atoms. The number of rotatable bonds is 12. The maximum atomic E-state index is 10.5. The molecule has 0 amide bonds. The van der Waals surface area contributed by atoms with Crippen molar-refractivity contribution in [1.82, 2.24) is 0 Å². The highest BCUT2D eigenvalue weighted by Crippen LogP contribution is 2.36. The van der Waals surface area contributed by atoms with E-state index in [2.05, 4.69) is 11.8 Å². The summed E-state index contributed by atoms with van der Waals surface area (Å²) in [5.74, 6) is -1.16. The summed E-state index contributed by atoms with van der Waals surface area (Å²) in [6.07, 6.45) is 10.9. The molecule has 5 atom stereocenters.